The Kier molecular flexibility index (Phi) is 3.95. The molecule has 1 nitrogen and oxygen atoms in total. The van der Waals surface area contributed by atoms with Crippen LogP contribution in [0.3, 0.4) is 0 Å². The van der Waals surface area contributed by atoms with Crippen molar-refractivity contribution in [3.63, 3.8) is 0 Å². The van der Waals surface area contributed by atoms with Crippen LogP contribution in [0.4, 0.5) is 22.0 Å². The van der Waals surface area contributed by atoms with Crippen molar-refractivity contribution in [3.8, 4) is 5.75 Å². The van der Waals surface area contributed by atoms with Gasteiger partial charge in [0.2, 0.25) is 5.82 Å². The zero-order chi connectivity index (χ0) is 15.0. The van der Waals surface area contributed by atoms with Crippen molar-refractivity contribution < 1.29 is 27.1 Å². The Hall–Kier alpha value is -1.68. The van der Waals surface area contributed by atoms with Crippen molar-refractivity contribution >= 4 is 19.2 Å². The summed E-state index contributed by atoms with van der Waals surface area (Å²) in [5.74, 6) is -10.1. The van der Waals surface area contributed by atoms with Crippen LogP contribution >= 0.6 is 8.58 Å². The Morgan fingerprint density at radius 1 is 0.850 bits per heavy atom. The van der Waals surface area contributed by atoms with Crippen molar-refractivity contribution in [1.29, 1.82) is 0 Å². The number of rotatable bonds is 2. The summed E-state index contributed by atoms with van der Waals surface area (Å²) in [6, 6.07) is 4.43. The van der Waals surface area contributed by atoms with Crippen LogP contribution in [0.2, 0.25) is 0 Å². The summed E-state index contributed by atoms with van der Waals surface area (Å²) in [6.07, 6.45) is 0. The molecule has 0 fully saturated rings. The molecule has 0 bridgehead atoms. The molecule has 0 aliphatic heterocycles. The van der Waals surface area contributed by atoms with Crippen LogP contribution in [0, 0.1) is 36.0 Å². The molecule has 0 heterocycles. The summed E-state index contributed by atoms with van der Waals surface area (Å²) < 4.78 is 66.1. The molecule has 20 heavy (non-hydrogen) atoms. The zero-order valence-corrected chi connectivity index (χ0v) is 11.1. The first-order chi connectivity index (χ1) is 9.34. The standard InChI is InChI=1S/C13H8F5OP/c1-5-3-2-4-6(12(5)19)20-13-10(17)8(15)7(14)9(16)11(13)18/h2-4,19-20H,1H3. The van der Waals surface area contributed by atoms with E-state index >= 15 is 0 Å². The van der Waals surface area contributed by atoms with Gasteiger partial charge >= 0.3 is 0 Å². The maximum absolute atomic E-state index is 13.5. The fraction of sp³-hybridized carbons (Fsp3) is 0.0769. The number of benzene rings is 2. The van der Waals surface area contributed by atoms with E-state index in [2.05, 4.69) is 0 Å². The molecule has 1 atom stereocenters. The molecule has 2 aromatic rings. The van der Waals surface area contributed by atoms with Gasteiger partial charge in [-0.2, -0.15) is 0 Å². The van der Waals surface area contributed by atoms with Gasteiger partial charge in [0.25, 0.3) is 0 Å². The van der Waals surface area contributed by atoms with Crippen molar-refractivity contribution in [2.24, 2.45) is 0 Å². The average molecular weight is 306 g/mol. The second-order valence-corrected chi connectivity index (χ2v) is 5.33. The molecular weight excluding hydrogens is 298 g/mol. The summed E-state index contributed by atoms with van der Waals surface area (Å²) >= 11 is 0. The van der Waals surface area contributed by atoms with Gasteiger partial charge in [0.05, 0.1) is 5.30 Å². The van der Waals surface area contributed by atoms with E-state index in [4.69, 9.17) is 0 Å². The highest BCUT2D eigenvalue weighted by Gasteiger charge is 2.26. The highest BCUT2D eigenvalue weighted by atomic mass is 31.1. The van der Waals surface area contributed by atoms with Crippen molar-refractivity contribution in [2.45, 2.75) is 6.92 Å². The Bertz CT molecular complexity index is 658. The maximum Gasteiger partial charge on any atom is 0.200 e. The molecule has 1 N–H and O–H groups in total. The molecule has 106 valence electrons. The Morgan fingerprint density at radius 3 is 1.90 bits per heavy atom. The molecule has 0 amide bonds. The predicted octanol–water partition coefficient (Wildman–Crippen LogP) is 3.03. The van der Waals surface area contributed by atoms with Gasteiger partial charge in [-0.1, -0.05) is 18.2 Å². The minimum absolute atomic E-state index is 0.105. The molecule has 0 aromatic heterocycles. The van der Waals surface area contributed by atoms with Gasteiger partial charge < -0.3 is 5.11 Å². The monoisotopic (exact) mass is 306 g/mol. The lowest BCUT2D eigenvalue weighted by molar-refractivity contribution is 0.384. The fourth-order valence-corrected chi connectivity index (χ4v) is 2.81. The number of phenolic OH excluding ortho intramolecular Hbond substituents is 1. The van der Waals surface area contributed by atoms with Crippen LogP contribution in [-0.4, -0.2) is 5.11 Å². The molecular formula is C13H8F5OP. The first kappa shape index (κ1) is 14.7. The summed E-state index contributed by atoms with van der Waals surface area (Å²) in [4.78, 5) is 0. The van der Waals surface area contributed by atoms with E-state index in [-0.39, 0.29) is 11.1 Å². The number of aryl methyl sites for hydroxylation is 1. The average Bonchev–Trinajstić information content (AvgIpc) is 2.43. The lowest BCUT2D eigenvalue weighted by Gasteiger charge is -2.10. The van der Waals surface area contributed by atoms with Gasteiger partial charge in [-0.05, 0) is 21.1 Å². The summed E-state index contributed by atoms with van der Waals surface area (Å²) in [6.45, 7) is 1.56. The van der Waals surface area contributed by atoms with E-state index in [1.165, 1.54) is 12.1 Å². The quantitative estimate of drug-likeness (QED) is 0.391. The minimum Gasteiger partial charge on any atom is -0.507 e. The summed E-state index contributed by atoms with van der Waals surface area (Å²) in [5, 5.41) is 8.90. The molecule has 0 saturated heterocycles. The van der Waals surface area contributed by atoms with Crippen LogP contribution in [0.15, 0.2) is 18.2 Å². The summed E-state index contributed by atoms with van der Waals surface area (Å²) in [5.41, 5.74) is 0.443. The Labute approximate surface area is 112 Å². The number of hydrogen-bond donors (Lipinski definition) is 1. The normalized spacial score (nSPS) is 11.5. The van der Waals surface area contributed by atoms with Crippen molar-refractivity contribution in [3.05, 3.63) is 52.8 Å². The highest BCUT2D eigenvalue weighted by molar-refractivity contribution is 7.55. The number of halogens is 5. The number of phenols is 1. The Morgan fingerprint density at radius 2 is 1.35 bits per heavy atom. The largest absolute Gasteiger partial charge is 0.507 e. The first-order valence-electron chi connectivity index (χ1n) is 5.41. The SMILES string of the molecule is Cc1cccc(Pc2c(F)c(F)c(F)c(F)c2F)c1O. The molecule has 0 aliphatic carbocycles. The molecule has 2 aromatic carbocycles. The molecule has 0 radical (unpaired) electrons. The second kappa shape index (κ2) is 5.37. The topological polar surface area (TPSA) is 20.2 Å². The van der Waals surface area contributed by atoms with Crippen LogP contribution in [0.25, 0.3) is 0 Å². The molecule has 1 unspecified atom stereocenters. The predicted molar refractivity (Wildman–Crippen MR) is 66.7 cm³/mol. The van der Waals surface area contributed by atoms with Crippen LogP contribution in [0.1, 0.15) is 5.56 Å². The van der Waals surface area contributed by atoms with E-state index in [1.807, 2.05) is 0 Å². The summed E-state index contributed by atoms with van der Waals surface area (Å²) in [7, 11) is -0.888. The third-order valence-electron chi connectivity index (χ3n) is 2.71. The molecule has 0 spiro atoms. The van der Waals surface area contributed by atoms with Crippen LogP contribution < -0.4 is 10.6 Å². The molecule has 0 aliphatic rings. The zero-order valence-electron chi connectivity index (χ0n) is 10.1. The van der Waals surface area contributed by atoms with Gasteiger partial charge in [-0.15, -0.1) is 0 Å². The fourth-order valence-electron chi connectivity index (χ4n) is 1.61. The van der Waals surface area contributed by atoms with Crippen molar-refractivity contribution in [1.82, 2.24) is 0 Å². The van der Waals surface area contributed by atoms with Crippen LogP contribution in [-0.2, 0) is 0 Å². The maximum atomic E-state index is 13.5. The van der Waals surface area contributed by atoms with Gasteiger partial charge in [0, 0.05) is 5.30 Å². The number of hydrogen-bond acceptors (Lipinski definition) is 1. The van der Waals surface area contributed by atoms with Crippen LogP contribution in [0.5, 0.6) is 5.75 Å². The third-order valence-corrected chi connectivity index (χ3v) is 4.07. The smallest absolute Gasteiger partial charge is 0.200 e. The van der Waals surface area contributed by atoms with E-state index in [1.54, 1.807) is 13.0 Å². The lowest BCUT2D eigenvalue weighted by atomic mass is 10.2. The van der Waals surface area contributed by atoms with Gasteiger partial charge in [0.1, 0.15) is 5.75 Å². The molecule has 0 saturated carbocycles. The second-order valence-electron chi connectivity index (χ2n) is 4.04. The first-order valence-corrected chi connectivity index (χ1v) is 6.41. The van der Waals surface area contributed by atoms with E-state index in [0.29, 0.717) is 5.56 Å². The molecule has 7 heteroatoms. The lowest BCUT2D eigenvalue weighted by Crippen LogP contribution is -2.19. The third kappa shape index (κ3) is 2.36. The van der Waals surface area contributed by atoms with E-state index in [9.17, 15) is 27.1 Å². The van der Waals surface area contributed by atoms with E-state index < -0.39 is 43.0 Å². The van der Waals surface area contributed by atoms with Gasteiger partial charge in [0.15, 0.2) is 23.3 Å². The minimum atomic E-state index is -2.19. The van der Waals surface area contributed by atoms with E-state index in [0.717, 1.165) is 0 Å². The highest BCUT2D eigenvalue weighted by Crippen LogP contribution is 2.26. The van der Waals surface area contributed by atoms with Crippen molar-refractivity contribution in [2.75, 3.05) is 0 Å². The van der Waals surface area contributed by atoms with Gasteiger partial charge in [-0.25, -0.2) is 22.0 Å². The molecule has 2 rings (SSSR count). The number of aromatic hydroxyl groups is 1. The van der Waals surface area contributed by atoms with Gasteiger partial charge in [-0.3, -0.25) is 0 Å². The number of para-hydroxylation sites is 1. The Balaban J connectivity index is 2.57.